The highest BCUT2D eigenvalue weighted by Gasteiger charge is 1.96. The molecule has 0 saturated carbocycles. The van der Waals surface area contributed by atoms with Gasteiger partial charge in [-0.15, -0.1) is 0 Å². The Labute approximate surface area is 97.2 Å². The Morgan fingerprint density at radius 2 is 1.81 bits per heavy atom. The summed E-state index contributed by atoms with van der Waals surface area (Å²) < 4.78 is 0. The molecule has 1 heterocycles. The van der Waals surface area contributed by atoms with Crippen molar-refractivity contribution in [1.82, 2.24) is 4.98 Å². The Kier molecular flexibility index (Phi) is 3.71. The Hall–Kier alpha value is -1.63. The molecule has 1 nitrogen and oxygen atoms in total. The quantitative estimate of drug-likeness (QED) is 0.753. The van der Waals surface area contributed by atoms with E-state index in [1.807, 2.05) is 12.3 Å². The second-order valence-corrected chi connectivity index (χ2v) is 4.16. The number of pyridine rings is 1. The molecule has 0 fully saturated rings. The number of benzene rings is 1. The van der Waals surface area contributed by atoms with E-state index in [2.05, 4.69) is 48.3 Å². The van der Waals surface area contributed by atoms with Gasteiger partial charge in [-0.2, -0.15) is 0 Å². The lowest BCUT2D eigenvalue weighted by Crippen LogP contribution is -1.93. The molecule has 0 saturated heterocycles. The maximum Gasteiger partial charge on any atom is 0.0406 e. The van der Waals surface area contributed by atoms with Gasteiger partial charge in [0.15, 0.2) is 0 Å². The number of nitrogens with zero attached hydrogens (tertiary/aromatic N) is 1. The lowest BCUT2D eigenvalue weighted by atomic mass is 10.1. The Bertz CT molecular complexity index is 434. The molecule has 1 aromatic heterocycles. The van der Waals surface area contributed by atoms with E-state index in [9.17, 15) is 0 Å². The van der Waals surface area contributed by atoms with Crippen LogP contribution in [-0.2, 0) is 12.8 Å². The fourth-order valence-electron chi connectivity index (χ4n) is 1.85. The van der Waals surface area contributed by atoms with Crippen molar-refractivity contribution in [3.05, 3.63) is 65.5 Å². The van der Waals surface area contributed by atoms with Gasteiger partial charge in [0, 0.05) is 11.9 Å². The first-order chi connectivity index (χ1) is 7.84. The van der Waals surface area contributed by atoms with Gasteiger partial charge in [0.2, 0.25) is 0 Å². The summed E-state index contributed by atoms with van der Waals surface area (Å²) in [6.07, 6.45) is 5.26. The molecule has 0 aliphatic carbocycles. The monoisotopic (exact) mass is 211 g/mol. The largest absolute Gasteiger partial charge is 0.261 e. The summed E-state index contributed by atoms with van der Waals surface area (Å²) >= 11 is 0. The highest BCUT2D eigenvalue weighted by molar-refractivity contribution is 5.16. The van der Waals surface area contributed by atoms with Crippen molar-refractivity contribution < 1.29 is 0 Å². The van der Waals surface area contributed by atoms with Gasteiger partial charge in [0.1, 0.15) is 0 Å². The average molecular weight is 211 g/mol. The van der Waals surface area contributed by atoms with Crippen LogP contribution < -0.4 is 0 Å². The van der Waals surface area contributed by atoms with Crippen LogP contribution in [0.25, 0.3) is 0 Å². The van der Waals surface area contributed by atoms with Gasteiger partial charge in [-0.1, -0.05) is 30.3 Å². The third kappa shape index (κ3) is 3.20. The van der Waals surface area contributed by atoms with E-state index >= 15 is 0 Å². The van der Waals surface area contributed by atoms with Gasteiger partial charge < -0.3 is 0 Å². The van der Waals surface area contributed by atoms with Gasteiger partial charge in [-0.25, -0.2) is 0 Å². The Morgan fingerprint density at radius 1 is 1.00 bits per heavy atom. The van der Waals surface area contributed by atoms with Crippen LogP contribution in [0.2, 0.25) is 0 Å². The Morgan fingerprint density at radius 3 is 2.56 bits per heavy atom. The zero-order chi connectivity index (χ0) is 11.2. The summed E-state index contributed by atoms with van der Waals surface area (Å²) in [5, 5.41) is 0. The van der Waals surface area contributed by atoms with Crippen molar-refractivity contribution in [2.45, 2.75) is 26.2 Å². The molecule has 16 heavy (non-hydrogen) atoms. The third-order valence-corrected chi connectivity index (χ3v) is 2.71. The molecule has 0 radical (unpaired) electrons. The summed E-state index contributed by atoms with van der Waals surface area (Å²) in [6.45, 7) is 2.11. The maximum atomic E-state index is 4.37. The van der Waals surface area contributed by atoms with E-state index in [1.165, 1.54) is 23.2 Å². The van der Waals surface area contributed by atoms with Gasteiger partial charge in [0.25, 0.3) is 0 Å². The number of aryl methyl sites for hydroxylation is 3. The van der Waals surface area contributed by atoms with Crippen LogP contribution in [0.15, 0.2) is 48.7 Å². The normalized spacial score (nSPS) is 10.3. The lowest BCUT2D eigenvalue weighted by molar-refractivity contribution is 0.798. The van der Waals surface area contributed by atoms with E-state index in [-0.39, 0.29) is 0 Å². The molecule has 0 aliphatic rings. The molecule has 0 aliphatic heterocycles. The van der Waals surface area contributed by atoms with Gasteiger partial charge in [-0.05, 0) is 49.4 Å². The predicted molar refractivity (Wildman–Crippen MR) is 67.4 cm³/mol. The number of aromatic nitrogens is 1. The number of hydrogen-bond donors (Lipinski definition) is 0. The average Bonchev–Trinajstić information content (AvgIpc) is 2.30. The summed E-state index contributed by atoms with van der Waals surface area (Å²) in [7, 11) is 0. The fourth-order valence-corrected chi connectivity index (χ4v) is 1.85. The van der Waals surface area contributed by atoms with Crippen LogP contribution in [0, 0.1) is 6.92 Å². The molecular weight excluding hydrogens is 194 g/mol. The highest BCUT2D eigenvalue weighted by atomic mass is 14.7. The first-order valence-corrected chi connectivity index (χ1v) is 5.80. The molecule has 2 aromatic rings. The van der Waals surface area contributed by atoms with E-state index < -0.39 is 0 Å². The maximum absolute atomic E-state index is 4.37. The van der Waals surface area contributed by atoms with Crippen molar-refractivity contribution >= 4 is 0 Å². The van der Waals surface area contributed by atoms with Crippen LogP contribution in [0.5, 0.6) is 0 Å². The molecule has 0 N–H and O–H groups in total. The zero-order valence-electron chi connectivity index (χ0n) is 9.69. The van der Waals surface area contributed by atoms with Crippen molar-refractivity contribution in [1.29, 1.82) is 0 Å². The molecule has 1 heteroatoms. The topological polar surface area (TPSA) is 12.9 Å². The first-order valence-electron chi connectivity index (χ1n) is 5.80. The minimum atomic E-state index is 1.07. The summed E-state index contributed by atoms with van der Waals surface area (Å²) in [5.41, 5.74) is 3.91. The van der Waals surface area contributed by atoms with Gasteiger partial charge in [0.05, 0.1) is 0 Å². The van der Waals surface area contributed by atoms with Crippen LogP contribution in [-0.4, -0.2) is 4.98 Å². The second-order valence-electron chi connectivity index (χ2n) is 4.16. The van der Waals surface area contributed by atoms with E-state index in [1.54, 1.807) is 0 Å². The predicted octanol–water partition coefficient (Wildman–Crippen LogP) is 3.57. The van der Waals surface area contributed by atoms with E-state index in [0.717, 1.165) is 12.8 Å². The standard InChI is InChI=1S/C15H17N/c1-13-10-11-16-15(12-13)9-5-8-14-6-3-2-4-7-14/h2-4,6-7,10-12H,5,8-9H2,1H3. The summed E-state index contributed by atoms with van der Waals surface area (Å²) in [6, 6.07) is 14.8. The van der Waals surface area contributed by atoms with Crippen molar-refractivity contribution in [3.8, 4) is 0 Å². The Balaban J connectivity index is 1.85. The molecule has 0 atom stereocenters. The molecule has 0 amide bonds. The number of hydrogen-bond acceptors (Lipinski definition) is 1. The molecule has 0 bridgehead atoms. The van der Waals surface area contributed by atoms with Crippen molar-refractivity contribution in [2.24, 2.45) is 0 Å². The molecule has 0 unspecified atom stereocenters. The minimum absolute atomic E-state index is 1.07. The van der Waals surface area contributed by atoms with Crippen molar-refractivity contribution in [3.63, 3.8) is 0 Å². The lowest BCUT2D eigenvalue weighted by Gasteiger charge is -2.02. The smallest absolute Gasteiger partial charge is 0.0406 e. The van der Waals surface area contributed by atoms with E-state index in [0.29, 0.717) is 0 Å². The molecular formula is C15H17N. The second kappa shape index (κ2) is 5.45. The van der Waals surface area contributed by atoms with Crippen LogP contribution in [0.4, 0.5) is 0 Å². The van der Waals surface area contributed by atoms with Crippen LogP contribution >= 0.6 is 0 Å². The van der Waals surface area contributed by atoms with Gasteiger partial charge >= 0.3 is 0 Å². The first kappa shape index (κ1) is 10.9. The summed E-state index contributed by atoms with van der Waals surface area (Å²) in [4.78, 5) is 4.37. The van der Waals surface area contributed by atoms with Crippen LogP contribution in [0.1, 0.15) is 23.2 Å². The molecule has 1 aromatic carbocycles. The molecule has 2 rings (SSSR count). The highest BCUT2D eigenvalue weighted by Crippen LogP contribution is 2.07. The number of rotatable bonds is 4. The third-order valence-electron chi connectivity index (χ3n) is 2.71. The molecule has 0 spiro atoms. The zero-order valence-corrected chi connectivity index (χ0v) is 9.69. The fraction of sp³-hybridized carbons (Fsp3) is 0.267. The summed E-state index contributed by atoms with van der Waals surface area (Å²) in [5.74, 6) is 0. The SMILES string of the molecule is Cc1ccnc(CCCc2ccccc2)c1. The molecule has 82 valence electrons. The minimum Gasteiger partial charge on any atom is -0.261 e. The van der Waals surface area contributed by atoms with E-state index in [4.69, 9.17) is 0 Å². The van der Waals surface area contributed by atoms with Crippen LogP contribution in [0.3, 0.4) is 0 Å². The van der Waals surface area contributed by atoms with Crippen molar-refractivity contribution in [2.75, 3.05) is 0 Å². The van der Waals surface area contributed by atoms with Gasteiger partial charge in [-0.3, -0.25) is 4.98 Å².